The number of aliphatic hydroxyl groups is 1. The Morgan fingerprint density at radius 1 is 1.09 bits per heavy atom. The summed E-state index contributed by atoms with van der Waals surface area (Å²) < 4.78 is 12.2. The summed E-state index contributed by atoms with van der Waals surface area (Å²) in [7, 11) is 0. The molecule has 4 aliphatic rings. The predicted octanol–water partition coefficient (Wildman–Crippen LogP) is 4.69. The van der Waals surface area contributed by atoms with Crippen LogP contribution in [0.25, 0.3) is 11.1 Å². The van der Waals surface area contributed by atoms with Crippen LogP contribution in [0, 0.1) is 17.3 Å². The molecule has 14 heteroatoms. The van der Waals surface area contributed by atoms with Gasteiger partial charge < -0.3 is 35.9 Å². The smallest absolute Gasteiger partial charge is 0.296 e. The van der Waals surface area contributed by atoms with Crippen LogP contribution in [-0.2, 0) is 14.4 Å². The van der Waals surface area contributed by atoms with E-state index in [1.165, 1.54) is 6.20 Å². The van der Waals surface area contributed by atoms with Gasteiger partial charge in [-0.25, -0.2) is 4.98 Å². The predicted molar refractivity (Wildman–Crippen MR) is 200 cm³/mol. The van der Waals surface area contributed by atoms with Crippen molar-refractivity contribution in [3.63, 3.8) is 0 Å². The highest BCUT2D eigenvalue weighted by Crippen LogP contribution is 2.42. The van der Waals surface area contributed by atoms with Crippen molar-refractivity contribution in [2.24, 2.45) is 23.0 Å². The highest BCUT2D eigenvalue weighted by molar-refractivity contribution is 6.30. The first-order chi connectivity index (χ1) is 25.4. The lowest BCUT2D eigenvalue weighted by Gasteiger charge is -2.42. The van der Waals surface area contributed by atoms with Crippen molar-refractivity contribution in [3.05, 3.63) is 58.9 Å². The second-order valence-corrected chi connectivity index (χ2v) is 16.5. The quantitative estimate of drug-likeness (QED) is 0.183. The van der Waals surface area contributed by atoms with Gasteiger partial charge in [0.15, 0.2) is 5.58 Å². The molecule has 7 unspecified atom stereocenters. The molecule has 53 heavy (non-hydrogen) atoms. The maximum atomic E-state index is 14.4. The van der Waals surface area contributed by atoms with Crippen LogP contribution < -0.4 is 26.4 Å². The highest BCUT2D eigenvalue weighted by atomic mass is 35.5. The molecule has 3 aromatic rings. The Labute approximate surface area is 314 Å². The molecule has 284 valence electrons. The number of anilines is 1. The molecule has 1 saturated heterocycles. The van der Waals surface area contributed by atoms with Crippen molar-refractivity contribution < 1.29 is 28.6 Å². The number of ether oxygens (including phenoxy) is 1. The fourth-order valence-corrected chi connectivity index (χ4v) is 8.51. The lowest BCUT2D eigenvalue weighted by molar-refractivity contribution is -0.137. The highest BCUT2D eigenvalue weighted by Gasteiger charge is 2.48. The average Bonchev–Trinajstić information content (AvgIpc) is 3.74. The number of likely N-dealkylation sites (tertiary alicyclic amines) is 1. The van der Waals surface area contributed by atoms with Crippen LogP contribution in [-0.4, -0.2) is 80.6 Å². The molecule has 2 saturated carbocycles. The molecule has 3 aliphatic carbocycles. The average molecular weight is 748 g/mol. The van der Waals surface area contributed by atoms with Crippen LogP contribution in [0.5, 0.6) is 5.88 Å². The lowest BCUT2D eigenvalue weighted by Crippen LogP contribution is -2.63. The van der Waals surface area contributed by atoms with E-state index in [9.17, 15) is 19.5 Å². The molecule has 0 radical (unpaired) electrons. The summed E-state index contributed by atoms with van der Waals surface area (Å²) in [6.45, 7) is 5.97. The Morgan fingerprint density at radius 2 is 1.87 bits per heavy atom. The minimum absolute atomic E-state index is 0.0252. The van der Waals surface area contributed by atoms with Crippen LogP contribution in [0.2, 0.25) is 5.02 Å². The number of carbonyl (C=O) groups is 3. The van der Waals surface area contributed by atoms with Crippen LogP contribution in [0.1, 0.15) is 78.6 Å². The van der Waals surface area contributed by atoms with Crippen molar-refractivity contribution in [1.29, 1.82) is 0 Å². The number of allylic oxidation sites excluding steroid dienone is 1. The summed E-state index contributed by atoms with van der Waals surface area (Å²) in [5.41, 5.74) is 8.09. The van der Waals surface area contributed by atoms with E-state index >= 15 is 0 Å². The van der Waals surface area contributed by atoms with Crippen LogP contribution in [0.3, 0.4) is 0 Å². The SMILES string of the molecule is CC(C)(C)C(NC(=O)C(Nc1nc2ccccc2o1)C1CCCCC1)C(O)N1CC(Oc2ccc(Cl)cn2)CC1C(=O)NC1CC2CCC2=C(N)C1=O. The van der Waals surface area contributed by atoms with Crippen molar-refractivity contribution in [3.8, 4) is 5.88 Å². The van der Waals surface area contributed by atoms with Crippen molar-refractivity contribution in [1.82, 2.24) is 25.5 Å². The maximum absolute atomic E-state index is 14.4. The van der Waals surface area contributed by atoms with E-state index in [1.54, 1.807) is 17.0 Å². The van der Waals surface area contributed by atoms with Gasteiger partial charge in [0.05, 0.1) is 28.8 Å². The van der Waals surface area contributed by atoms with Gasteiger partial charge in [-0.15, -0.1) is 0 Å². The van der Waals surface area contributed by atoms with Gasteiger partial charge in [0.2, 0.25) is 23.5 Å². The minimum atomic E-state index is -1.30. The fraction of sp³-hybridized carbons (Fsp3) is 0.564. The summed E-state index contributed by atoms with van der Waals surface area (Å²) in [6, 6.07) is 7.90. The Hall–Kier alpha value is -4.20. The van der Waals surface area contributed by atoms with Crippen molar-refractivity contribution in [2.45, 2.75) is 115 Å². The molecule has 1 aliphatic heterocycles. The number of fused-ring (bicyclic) bond motifs is 2. The van der Waals surface area contributed by atoms with E-state index in [4.69, 9.17) is 26.5 Å². The molecule has 3 fully saturated rings. The van der Waals surface area contributed by atoms with Gasteiger partial charge in [-0.2, -0.15) is 4.98 Å². The van der Waals surface area contributed by atoms with Gasteiger partial charge >= 0.3 is 0 Å². The van der Waals surface area contributed by atoms with Gasteiger partial charge in [0.1, 0.15) is 23.9 Å². The maximum Gasteiger partial charge on any atom is 0.296 e. The van der Waals surface area contributed by atoms with Crippen LogP contribution >= 0.6 is 11.6 Å². The zero-order chi connectivity index (χ0) is 37.4. The zero-order valence-corrected chi connectivity index (χ0v) is 31.3. The number of nitrogens with two attached hydrogens (primary N) is 1. The number of amides is 2. The van der Waals surface area contributed by atoms with Crippen molar-refractivity contribution in [2.75, 3.05) is 11.9 Å². The van der Waals surface area contributed by atoms with Crippen LogP contribution in [0.4, 0.5) is 6.01 Å². The number of hydrogen-bond donors (Lipinski definition) is 5. The van der Waals surface area contributed by atoms with E-state index in [0.29, 0.717) is 28.4 Å². The number of pyridine rings is 1. The molecule has 7 atom stereocenters. The van der Waals surface area contributed by atoms with E-state index in [2.05, 4.69) is 25.9 Å². The molecule has 3 heterocycles. The number of ketones is 1. The normalized spacial score (nSPS) is 25.6. The monoisotopic (exact) mass is 747 g/mol. The van der Waals surface area contributed by atoms with Gasteiger partial charge in [0, 0.05) is 25.2 Å². The third kappa shape index (κ3) is 8.02. The Morgan fingerprint density at radius 3 is 2.55 bits per heavy atom. The number of aliphatic hydroxyl groups excluding tert-OH is 1. The van der Waals surface area contributed by atoms with E-state index < -0.39 is 47.8 Å². The molecular weight excluding hydrogens is 698 g/mol. The Kier molecular flexibility index (Phi) is 10.7. The number of carbonyl (C=O) groups excluding carboxylic acids is 3. The summed E-state index contributed by atoms with van der Waals surface area (Å²) in [4.78, 5) is 52.3. The number of nitrogens with zero attached hydrogens (tertiary/aromatic N) is 3. The lowest BCUT2D eigenvalue weighted by atomic mass is 9.69. The van der Waals surface area contributed by atoms with E-state index in [0.717, 1.165) is 50.5 Å². The number of rotatable bonds is 11. The second kappa shape index (κ2) is 15.3. The summed E-state index contributed by atoms with van der Waals surface area (Å²) in [5.74, 6) is -0.428. The van der Waals surface area contributed by atoms with Crippen LogP contribution in [0.15, 0.2) is 58.3 Å². The molecule has 2 aromatic heterocycles. The number of oxazole rings is 1. The zero-order valence-electron chi connectivity index (χ0n) is 30.5. The summed E-state index contributed by atoms with van der Waals surface area (Å²) in [6.07, 6.45) is 6.96. The summed E-state index contributed by atoms with van der Waals surface area (Å²) >= 11 is 6.05. The molecule has 1 aromatic carbocycles. The number of nitrogens with one attached hydrogen (secondary N) is 3. The van der Waals surface area contributed by atoms with Gasteiger partial charge in [-0.3, -0.25) is 19.3 Å². The molecule has 6 N–H and O–H groups in total. The van der Waals surface area contributed by atoms with E-state index in [1.807, 2.05) is 45.0 Å². The standard InChI is InChI=1S/C39H50ClN7O6/c1-39(2,3)34(46-36(50)32(21-9-5-4-6-10-21)45-38-44-26-11-7-8-12-29(26)53-38)37(51)47-20-24(52-30-16-14-23(40)19-42-30)18-28(47)35(49)43-27-17-22-13-15-25(22)31(41)33(27)48/h7-8,11-12,14,16,19,21-22,24,27-28,32,34,37,51H,4-6,9-10,13,15,17-18,20,41H2,1-3H3,(H,43,49)(H,44,45)(H,46,50). The first kappa shape index (κ1) is 37.1. The largest absolute Gasteiger partial charge is 0.473 e. The molecule has 0 bridgehead atoms. The number of Topliss-reactive ketones (excluding diaryl/α,β-unsaturated/α-hetero) is 1. The van der Waals surface area contributed by atoms with Gasteiger partial charge in [0.25, 0.3) is 6.01 Å². The number of halogens is 1. The third-order valence-corrected chi connectivity index (χ3v) is 11.7. The van der Waals surface area contributed by atoms with Gasteiger partial charge in [-0.1, -0.05) is 63.8 Å². The van der Waals surface area contributed by atoms with Crippen molar-refractivity contribution >= 4 is 46.3 Å². The molecule has 7 rings (SSSR count). The number of hydrogen-bond acceptors (Lipinski definition) is 11. The molecule has 2 amide bonds. The number of benzene rings is 1. The van der Waals surface area contributed by atoms with E-state index in [-0.39, 0.29) is 48.2 Å². The minimum Gasteiger partial charge on any atom is -0.473 e. The Balaban J connectivity index is 1.13. The number of aromatic nitrogens is 2. The molecule has 0 spiro atoms. The second-order valence-electron chi connectivity index (χ2n) is 16.1. The Bertz CT molecular complexity index is 1820. The fourth-order valence-electron chi connectivity index (χ4n) is 8.40. The summed E-state index contributed by atoms with van der Waals surface area (Å²) in [5, 5.41) is 22.2. The first-order valence-corrected chi connectivity index (χ1v) is 19.2. The topological polar surface area (TPSA) is 185 Å². The number of para-hydroxylation sites is 2. The third-order valence-electron chi connectivity index (χ3n) is 11.5. The molecular formula is C39H50ClN7O6. The first-order valence-electron chi connectivity index (χ1n) is 18.8. The van der Waals surface area contributed by atoms with Gasteiger partial charge in [-0.05, 0) is 73.1 Å². The molecule has 13 nitrogen and oxygen atoms in total.